The predicted octanol–water partition coefficient (Wildman–Crippen LogP) is 3.09. The molecular weight excluding hydrogens is 286 g/mol. The van der Waals surface area contributed by atoms with Gasteiger partial charge in [-0.3, -0.25) is 9.36 Å². The maximum absolute atomic E-state index is 10.8. The number of rotatable bonds is 5. The molecule has 1 fully saturated rings. The van der Waals surface area contributed by atoms with Crippen molar-refractivity contribution >= 4 is 17.7 Å². The topological polar surface area (TPSA) is 68.0 Å². The molecule has 5 nitrogen and oxygen atoms in total. The summed E-state index contributed by atoms with van der Waals surface area (Å²) >= 11 is 1.23. The SMILES string of the molecule is CC1(C)CC1n1c(SCC(=O)O)nnc1-c1ccccc1. The van der Waals surface area contributed by atoms with E-state index in [1.807, 2.05) is 30.3 Å². The van der Waals surface area contributed by atoms with Gasteiger partial charge >= 0.3 is 5.97 Å². The minimum atomic E-state index is -0.842. The molecule has 1 saturated carbocycles. The van der Waals surface area contributed by atoms with E-state index in [1.165, 1.54) is 11.8 Å². The summed E-state index contributed by atoms with van der Waals surface area (Å²) in [5, 5.41) is 18.0. The summed E-state index contributed by atoms with van der Waals surface area (Å²) in [6, 6.07) is 10.2. The Bertz CT molecular complexity index is 667. The molecule has 110 valence electrons. The van der Waals surface area contributed by atoms with Gasteiger partial charge in [-0.25, -0.2) is 0 Å². The smallest absolute Gasteiger partial charge is 0.313 e. The molecule has 0 bridgehead atoms. The van der Waals surface area contributed by atoms with Crippen LogP contribution in [0.5, 0.6) is 0 Å². The normalized spacial score (nSPS) is 19.4. The van der Waals surface area contributed by atoms with E-state index in [1.54, 1.807) is 0 Å². The highest BCUT2D eigenvalue weighted by molar-refractivity contribution is 7.99. The maximum atomic E-state index is 10.8. The third-order valence-electron chi connectivity index (χ3n) is 3.79. The summed E-state index contributed by atoms with van der Waals surface area (Å²) in [6.45, 7) is 4.41. The highest BCUT2D eigenvalue weighted by atomic mass is 32.2. The Labute approximate surface area is 127 Å². The molecule has 1 N–H and O–H groups in total. The summed E-state index contributed by atoms with van der Waals surface area (Å²) in [4.78, 5) is 10.8. The fraction of sp³-hybridized carbons (Fsp3) is 0.400. The number of carbonyl (C=O) groups is 1. The van der Waals surface area contributed by atoms with Crippen LogP contribution in [0.25, 0.3) is 11.4 Å². The van der Waals surface area contributed by atoms with E-state index in [-0.39, 0.29) is 11.2 Å². The van der Waals surface area contributed by atoms with Crippen LogP contribution >= 0.6 is 11.8 Å². The Kier molecular flexibility index (Phi) is 3.49. The lowest BCUT2D eigenvalue weighted by Crippen LogP contribution is -2.06. The molecule has 1 aliphatic carbocycles. The first kappa shape index (κ1) is 14.1. The van der Waals surface area contributed by atoms with Gasteiger partial charge in [-0.05, 0) is 11.8 Å². The lowest BCUT2D eigenvalue weighted by Gasteiger charge is -2.11. The van der Waals surface area contributed by atoms with E-state index < -0.39 is 5.97 Å². The van der Waals surface area contributed by atoms with E-state index in [4.69, 9.17) is 5.11 Å². The first-order valence-corrected chi connectivity index (χ1v) is 7.82. The Morgan fingerprint density at radius 3 is 2.62 bits per heavy atom. The van der Waals surface area contributed by atoms with Gasteiger partial charge in [0, 0.05) is 11.6 Å². The minimum Gasteiger partial charge on any atom is -0.481 e. The fourth-order valence-electron chi connectivity index (χ4n) is 2.45. The van der Waals surface area contributed by atoms with Gasteiger partial charge in [0.15, 0.2) is 11.0 Å². The summed E-state index contributed by atoms with van der Waals surface area (Å²) in [7, 11) is 0. The van der Waals surface area contributed by atoms with Gasteiger partial charge in [-0.15, -0.1) is 10.2 Å². The molecule has 0 aliphatic heterocycles. The van der Waals surface area contributed by atoms with Crippen molar-refractivity contribution in [1.29, 1.82) is 0 Å². The molecule has 1 aromatic heterocycles. The molecule has 1 aliphatic rings. The number of aromatic nitrogens is 3. The zero-order valence-corrected chi connectivity index (χ0v) is 12.8. The Morgan fingerprint density at radius 1 is 1.38 bits per heavy atom. The van der Waals surface area contributed by atoms with Crippen LogP contribution in [-0.2, 0) is 4.79 Å². The third kappa shape index (κ3) is 2.81. The van der Waals surface area contributed by atoms with Gasteiger partial charge in [0.25, 0.3) is 0 Å². The molecule has 1 aromatic carbocycles. The van der Waals surface area contributed by atoms with Crippen molar-refractivity contribution in [2.24, 2.45) is 5.41 Å². The summed E-state index contributed by atoms with van der Waals surface area (Å²) in [5.41, 5.74) is 1.22. The van der Waals surface area contributed by atoms with E-state index >= 15 is 0 Å². The van der Waals surface area contributed by atoms with Crippen LogP contribution in [0.15, 0.2) is 35.5 Å². The second-order valence-corrected chi connectivity index (χ2v) is 6.88. The number of nitrogens with zero attached hydrogens (tertiary/aromatic N) is 3. The van der Waals surface area contributed by atoms with Crippen molar-refractivity contribution in [3.05, 3.63) is 30.3 Å². The van der Waals surface area contributed by atoms with Crippen molar-refractivity contribution < 1.29 is 9.90 Å². The molecule has 1 atom stereocenters. The second kappa shape index (κ2) is 5.18. The van der Waals surface area contributed by atoms with Gasteiger partial charge in [-0.2, -0.15) is 0 Å². The standard InChI is InChI=1S/C15H17N3O2S/c1-15(2)8-11(15)18-13(10-6-4-3-5-7-10)16-17-14(18)21-9-12(19)20/h3-7,11H,8-9H2,1-2H3,(H,19,20). The number of benzene rings is 1. The Balaban J connectivity index is 1.99. The number of thioether (sulfide) groups is 1. The molecule has 3 rings (SSSR count). The van der Waals surface area contributed by atoms with Crippen molar-refractivity contribution in [3.8, 4) is 11.4 Å². The van der Waals surface area contributed by atoms with Crippen LogP contribution in [0.4, 0.5) is 0 Å². The predicted molar refractivity (Wildman–Crippen MR) is 81.3 cm³/mol. The van der Waals surface area contributed by atoms with Crippen molar-refractivity contribution in [1.82, 2.24) is 14.8 Å². The first-order valence-electron chi connectivity index (χ1n) is 6.84. The summed E-state index contributed by atoms with van der Waals surface area (Å²) in [5.74, 6) is -0.0231. The lowest BCUT2D eigenvalue weighted by molar-refractivity contribution is -0.133. The molecule has 21 heavy (non-hydrogen) atoms. The lowest BCUT2D eigenvalue weighted by atomic mass is 10.1. The number of hydrogen-bond donors (Lipinski definition) is 1. The van der Waals surface area contributed by atoms with E-state index in [0.717, 1.165) is 17.8 Å². The quantitative estimate of drug-likeness (QED) is 0.860. The van der Waals surface area contributed by atoms with Gasteiger partial charge in [-0.1, -0.05) is 55.9 Å². The molecule has 0 spiro atoms. The molecule has 1 unspecified atom stereocenters. The first-order chi connectivity index (χ1) is 9.99. The average Bonchev–Trinajstić information content (AvgIpc) is 2.90. The summed E-state index contributed by atoms with van der Waals surface area (Å²) < 4.78 is 2.10. The largest absolute Gasteiger partial charge is 0.481 e. The van der Waals surface area contributed by atoms with Crippen LogP contribution in [0.3, 0.4) is 0 Å². The molecule has 0 saturated heterocycles. The monoisotopic (exact) mass is 303 g/mol. The number of hydrogen-bond acceptors (Lipinski definition) is 4. The fourth-order valence-corrected chi connectivity index (χ4v) is 3.15. The van der Waals surface area contributed by atoms with Crippen molar-refractivity contribution in [2.75, 3.05) is 5.75 Å². The second-order valence-electron chi connectivity index (χ2n) is 5.93. The van der Waals surface area contributed by atoms with E-state index in [9.17, 15) is 4.79 Å². The van der Waals surface area contributed by atoms with Gasteiger partial charge in [0.1, 0.15) is 0 Å². The van der Waals surface area contributed by atoms with Crippen LogP contribution < -0.4 is 0 Å². The number of carboxylic acid groups (broad SMARTS) is 1. The highest BCUT2D eigenvalue weighted by Gasteiger charge is 2.49. The molecular formula is C15H17N3O2S. The van der Waals surface area contributed by atoms with Crippen molar-refractivity contribution in [2.45, 2.75) is 31.5 Å². The molecule has 2 aromatic rings. The molecule has 1 heterocycles. The highest BCUT2D eigenvalue weighted by Crippen LogP contribution is 2.57. The zero-order chi connectivity index (χ0) is 15.0. The average molecular weight is 303 g/mol. The maximum Gasteiger partial charge on any atom is 0.313 e. The Morgan fingerprint density at radius 2 is 2.05 bits per heavy atom. The minimum absolute atomic E-state index is 0.0000710. The third-order valence-corrected chi connectivity index (χ3v) is 4.72. The number of aliphatic carboxylic acids is 1. The van der Waals surface area contributed by atoms with E-state index in [0.29, 0.717) is 11.2 Å². The molecule has 0 radical (unpaired) electrons. The molecule has 0 amide bonds. The summed E-state index contributed by atoms with van der Waals surface area (Å²) in [6.07, 6.45) is 1.06. The molecule has 6 heteroatoms. The number of carboxylic acids is 1. The van der Waals surface area contributed by atoms with E-state index in [2.05, 4.69) is 28.6 Å². The van der Waals surface area contributed by atoms with Crippen LogP contribution in [0.1, 0.15) is 26.3 Å². The van der Waals surface area contributed by atoms with Gasteiger partial charge in [0.05, 0.1) is 5.75 Å². The van der Waals surface area contributed by atoms with Crippen LogP contribution in [0, 0.1) is 5.41 Å². The van der Waals surface area contributed by atoms with Crippen LogP contribution in [-0.4, -0.2) is 31.6 Å². The van der Waals surface area contributed by atoms with Crippen molar-refractivity contribution in [3.63, 3.8) is 0 Å². The van der Waals surface area contributed by atoms with Gasteiger partial charge < -0.3 is 5.11 Å². The van der Waals surface area contributed by atoms with Gasteiger partial charge in [0.2, 0.25) is 0 Å². The van der Waals surface area contributed by atoms with Crippen LogP contribution in [0.2, 0.25) is 0 Å². The zero-order valence-electron chi connectivity index (χ0n) is 12.0. The Hall–Kier alpha value is -1.82.